The molecule has 2 aliphatic rings. The van der Waals surface area contributed by atoms with Gasteiger partial charge in [-0.05, 0) is 25.5 Å². The lowest BCUT2D eigenvalue weighted by Crippen LogP contribution is -2.37. The van der Waals surface area contributed by atoms with Gasteiger partial charge in [-0.3, -0.25) is 9.59 Å². The summed E-state index contributed by atoms with van der Waals surface area (Å²) in [5.41, 5.74) is -0.599. The van der Waals surface area contributed by atoms with Gasteiger partial charge >= 0.3 is 5.97 Å². The molecule has 1 saturated heterocycles. The third kappa shape index (κ3) is 4.74. The van der Waals surface area contributed by atoms with Gasteiger partial charge in [0.15, 0.2) is 5.69 Å². The Kier molecular flexibility index (Phi) is 6.19. The number of ether oxygens (including phenoxy) is 1. The van der Waals surface area contributed by atoms with E-state index >= 15 is 0 Å². The number of thiazole rings is 1. The zero-order valence-electron chi connectivity index (χ0n) is 18.1. The molecule has 33 heavy (non-hydrogen) atoms. The Bertz CT molecular complexity index is 1190. The van der Waals surface area contributed by atoms with Crippen LogP contribution in [0.1, 0.15) is 35.8 Å². The molecule has 0 bridgehead atoms. The van der Waals surface area contributed by atoms with Crippen molar-refractivity contribution in [3.63, 3.8) is 0 Å². The molecule has 0 radical (unpaired) electrons. The van der Waals surface area contributed by atoms with Crippen LogP contribution in [-0.4, -0.2) is 64.7 Å². The Morgan fingerprint density at radius 1 is 1.45 bits per heavy atom. The van der Waals surface area contributed by atoms with Gasteiger partial charge in [-0.1, -0.05) is 35.3 Å². The lowest BCUT2D eigenvalue weighted by atomic mass is 10.0. The molecule has 8 nitrogen and oxygen atoms in total. The van der Waals surface area contributed by atoms with Crippen LogP contribution in [0.2, 0.25) is 0 Å². The maximum atomic E-state index is 13.3. The van der Waals surface area contributed by atoms with Crippen LogP contribution < -0.4 is 5.32 Å². The van der Waals surface area contributed by atoms with E-state index < -0.39 is 35.5 Å². The molecule has 2 amide bonds. The number of rotatable bonds is 5. The smallest absolute Gasteiger partial charge is 0.360 e. The van der Waals surface area contributed by atoms with E-state index in [9.17, 15) is 23.9 Å². The van der Waals surface area contributed by atoms with E-state index in [1.165, 1.54) is 4.90 Å². The van der Waals surface area contributed by atoms with E-state index in [1.54, 1.807) is 38.2 Å². The van der Waals surface area contributed by atoms with Gasteiger partial charge in [-0.2, -0.15) is 0 Å². The molecular weight excluding hydrogens is 449 g/mol. The standard InChI is InChI=1S/C23H22FN3O5S/c1-3-32-21(29)17-20(26-18(28)15-12-16(15)24)33-19(25-17)14-6-4-5-13(11-14)7-8-23(31)9-10-27(2)22(23)30/h4-6,11,15-16,31H,3,9-10,12H2,1-2H3,(H,26,28)/t15-,16+,23+/m1/s1. The fourth-order valence-corrected chi connectivity index (χ4v) is 4.33. The number of hydrogen-bond acceptors (Lipinski definition) is 7. The van der Waals surface area contributed by atoms with Gasteiger partial charge < -0.3 is 20.1 Å². The molecule has 0 spiro atoms. The Morgan fingerprint density at radius 2 is 2.21 bits per heavy atom. The maximum absolute atomic E-state index is 13.3. The zero-order valence-corrected chi connectivity index (χ0v) is 18.9. The van der Waals surface area contributed by atoms with Crippen LogP contribution in [0, 0.1) is 17.8 Å². The van der Waals surface area contributed by atoms with Gasteiger partial charge in [0.25, 0.3) is 5.91 Å². The van der Waals surface area contributed by atoms with Crippen molar-refractivity contribution in [3.05, 3.63) is 35.5 Å². The summed E-state index contributed by atoms with van der Waals surface area (Å²) in [5, 5.41) is 13.7. The quantitative estimate of drug-likeness (QED) is 0.511. The molecule has 10 heteroatoms. The highest BCUT2D eigenvalue weighted by Gasteiger charge is 2.44. The lowest BCUT2D eigenvalue weighted by molar-refractivity contribution is -0.137. The number of nitrogens with one attached hydrogen (secondary N) is 1. The average molecular weight is 472 g/mol. The van der Waals surface area contributed by atoms with Crippen LogP contribution in [0.25, 0.3) is 10.6 Å². The Morgan fingerprint density at radius 3 is 2.85 bits per heavy atom. The first-order valence-corrected chi connectivity index (χ1v) is 11.3. The van der Waals surface area contributed by atoms with Crippen LogP contribution in [0.5, 0.6) is 0 Å². The fourth-order valence-electron chi connectivity index (χ4n) is 3.38. The summed E-state index contributed by atoms with van der Waals surface area (Å²) in [7, 11) is 1.61. The van der Waals surface area contributed by atoms with Crippen molar-refractivity contribution in [1.29, 1.82) is 0 Å². The van der Waals surface area contributed by atoms with Crippen molar-refractivity contribution in [3.8, 4) is 22.4 Å². The van der Waals surface area contributed by atoms with Gasteiger partial charge in [0.05, 0.1) is 12.5 Å². The first-order valence-electron chi connectivity index (χ1n) is 10.5. The second-order valence-electron chi connectivity index (χ2n) is 7.93. The van der Waals surface area contributed by atoms with E-state index in [-0.39, 0.29) is 30.1 Å². The number of carbonyl (C=O) groups is 3. The van der Waals surface area contributed by atoms with E-state index in [0.29, 0.717) is 22.7 Å². The highest BCUT2D eigenvalue weighted by atomic mass is 32.1. The van der Waals surface area contributed by atoms with Crippen molar-refractivity contribution >= 4 is 34.1 Å². The van der Waals surface area contributed by atoms with Crippen LogP contribution in [0.15, 0.2) is 24.3 Å². The van der Waals surface area contributed by atoms with Crippen molar-refractivity contribution < 1.29 is 28.6 Å². The number of hydrogen-bond donors (Lipinski definition) is 2. The van der Waals surface area contributed by atoms with Gasteiger partial charge in [0.2, 0.25) is 11.5 Å². The number of aliphatic hydroxyl groups is 1. The van der Waals surface area contributed by atoms with Crippen LogP contribution in [-0.2, 0) is 14.3 Å². The number of alkyl halides is 1. The largest absolute Gasteiger partial charge is 0.461 e. The molecule has 2 heterocycles. The number of esters is 1. The predicted octanol–water partition coefficient (Wildman–Crippen LogP) is 2.23. The predicted molar refractivity (Wildman–Crippen MR) is 119 cm³/mol. The number of benzene rings is 1. The van der Waals surface area contributed by atoms with Crippen LogP contribution in [0.4, 0.5) is 9.39 Å². The normalized spacial score (nSPS) is 23.6. The van der Waals surface area contributed by atoms with Gasteiger partial charge in [-0.15, -0.1) is 0 Å². The minimum atomic E-state index is -1.71. The first kappa shape index (κ1) is 22.9. The third-order valence-corrected chi connectivity index (χ3v) is 6.43. The third-order valence-electron chi connectivity index (χ3n) is 5.41. The van der Waals surface area contributed by atoms with E-state index in [2.05, 4.69) is 22.1 Å². The number of aromatic nitrogens is 1. The summed E-state index contributed by atoms with van der Waals surface area (Å²) in [6.45, 7) is 2.22. The van der Waals surface area contributed by atoms with Gasteiger partial charge in [0, 0.05) is 31.1 Å². The average Bonchev–Trinajstić information content (AvgIpc) is 3.30. The monoisotopic (exact) mass is 471 g/mol. The van der Waals surface area contributed by atoms with Crippen molar-refractivity contribution in [2.24, 2.45) is 5.92 Å². The molecular formula is C23H22FN3O5S. The summed E-state index contributed by atoms with van der Waals surface area (Å²) in [6, 6.07) is 6.91. The summed E-state index contributed by atoms with van der Waals surface area (Å²) >= 11 is 1.07. The molecule has 0 unspecified atom stereocenters. The zero-order chi connectivity index (χ0) is 23.8. The second kappa shape index (κ2) is 8.92. The molecule has 1 saturated carbocycles. The van der Waals surface area contributed by atoms with Crippen molar-refractivity contribution in [2.75, 3.05) is 25.5 Å². The number of likely N-dealkylation sites (tertiary alicyclic amines) is 1. The van der Waals surface area contributed by atoms with Gasteiger partial charge in [0.1, 0.15) is 16.2 Å². The summed E-state index contributed by atoms with van der Waals surface area (Å²) in [5.74, 6) is 3.17. The Balaban J connectivity index is 1.62. The molecule has 2 aromatic rings. The van der Waals surface area contributed by atoms with E-state index in [1.807, 2.05) is 0 Å². The molecule has 3 atom stereocenters. The molecule has 1 aromatic heterocycles. The topological polar surface area (TPSA) is 109 Å². The fraction of sp³-hybridized carbons (Fsp3) is 0.391. The van der Waals surface area contributed by atoms with E-state index in [0.717, 1.165) is 11.3 Å². The lowest BCUT2D eigenvalue weighted by Gasteiger charge is -2.13. The Labute approximate surface area is 193 Å². The molecule has 1 aliphatic heterocycles. The summed E-state index contributed by atoms with van der Waals surface area (Å²) < 4.78 is 18.3. The number of likely N-dealkylation sites (N-methyl/N-ethyl adjacent to an activating group) is 1. The number of carbonyl (C=O) groups excluding carboxylic acids is 3. The number of amides is 2. The molecule has 4 rings (SSSR count). The maximum Gasteiger partial charge on any atom is 0.360 e. The molecule has 2 N–H and O–H groups in total. The molecule has 1 aliphatic carbocycles. The SMILES string of the molecule is CCOC(=O)c1nc(-c2cccc(C#C[C@]3(O)CCN(C)C3=O)c2)sc1NC(=O)[C@@H]1C[C@@H]1F. The minimum absolute atomic E-state index is 0.0494. The Hall–Kier alpha value is -3.29. The second-order valence-corrected chi connectivity index (χ2v) is 8.93. The van der Waals surface area contributed by atoms with Crippen molar-refractivity contribution in [2.45, 2.75) is 31.5 Å². The van der Waals surface area contributed by atoms with E-state index in [4.69, 9.17) is 4.74 Å². The highest BCUT2D eigenvalue weighted by molar-refractivity contribution is 7.19. The first-order chi connectivity index (χ1) is 15.7. The number of halogens is 1. The highest BCUT2D eigenvalue weighted by Crippen LogP contribution is 2.38. The summed E-state index contributed by atoms with van der Waals surface area (Å²) in [4.78, 5) is 42.5. The molecule has 2 fully saturated rings. The number of nitrogens with zero attached hydrogens (tertiary/aromatic N) is 2. The van der Waals surface area contributed by atoms with Gasteiger partial charge in [-0.25, -0.2) is 14.2 Å². The summed E-state index contributed by atoms with van der Waals surface area (Å²) in [6.07, 6.45) is -0.772. The van der Waals surface area contributed by atoms with Crippen LogP contribution in [0.3, 0.4) is 0 Å². The minimum Gasteiger partial charge on any atom is -0.461 e. The van der Waals surface area contributed by atoms with Crippen LogP contribution >= 0.6 is 11.3 Å². The molecule has 1 aromatic carbocycles. The molecule has 172 valence electrons. The van der Waals surface area contributed by atoms with Crippen molar-refractivity contribution in [1.82, 2.24) is 9.88 Å². The number of anilines is 1.